The molecule has 0 fully saturated rings. The molecule has 3 rings (SSSR count). The number of ether oxygens (including phenoxy) is 1. The molecule has 0 aliphatic rings. The number of halogens is 1. The van der Waals surface area contributed by atoms with Crippen LogP contribution in [0.15, 0.2) is 53.8 Å². The van der Waals surface area contributed by atoms with Gasteiger partial charge in [0, 0.05) is 0 Å². The van der Waals surface area contributed by atoms with Gasteiger partial charge in [0.25, 0.3) is 0 Å². The van der Waals surface area contributed by atoms with Crippen LogP contribution in [0.1, 0.15) is 32.7 Å². The normalized spacial score (nSPS) is 11.3. The van der Waals surface area contributed by atoms with Crippen molar-refractivity contribution in [3.63, 3.8) is 0 Å². The largest absolute Gasteiger partial charge is 0.422 e. The number of carbonyl (C=O) groups excluding carboxylic acids is 1. The van der Waals surface area contributed by atoms with Crippen LogP contribution in [0.5, 0.6) is 5.75 Å². The summed E-state index contributed by atoms with van der Waals surface area (Å²) < 4.78 is 30.9. The van der Waals surface area contributed by atoms with Crippen molar-refractivity contribution < 1.29 is 17.9 Å². The average Bonchev–Trinajstić information content (AvgIpc) is 2.62. The number of hydrogen-bond donors (Lipinski definition) is 0. The van der Waals surface area contributed by atoms with Crippen molar-refractivity contribution in [3.05, 3.63) is 81.6 Å². The van der Waals surface area contributed by atoms with E-state index in [0.29, 0.717) is 11.3 Å². The second-order valence-corrected chi connectivity index (χ2v) is 9.04. The van der Waals surface area contributed by atoms with Crippen LogP contribution in [-0.2, 0) is 15.6 Å². The van der Waals surface area contributed by atoms with Crippen LogP contribution in [0.25, 0.3) is 0 Å². The summed E-state index contributed by atoms with van der Waals surface area (Å²) in [6.45, 7) is 5.57. The fourth-order valence-corrected chi connectivity index (χ4v) is 4.31. The maximum Gasteiger partial charge on any atom is 0.364 e. The lowest BCUT2D eigenvalue weighted by Gasteiger charge is -2.09. The SMILES string of the molecule is Cc1cc(C)cc(OC(=O)c2nc(S(=O)(=O)Cc3ccccc3C)ncc2Cl)c1. The number of benzene rings is 2. The first-order valence-electron chi connectivity index (χ1n) is 8.76. The third-order valence-electron chi connectivity index (χ3n) is 4.21. The zero-order valence-corrected chi connectivity index (χ0v) is 17.7. The van der Waals surface area contributed by atoms with Crippen molar-refractivity contribution in [2.24, 2.45) is 0 Å². The summed E-state index contributed by atoms with van der Waals surface area (Å²) in [6, 6.07) is 12.4. The maximum absolute atomic E-state index is 12.8. The molecule has 0 saturated carbocycles. The maximum atomic E-state index is 12.8. The number of hydrogen-bond acceptors (Lipinski definition) is 6. The molecule has 0 bridgehead atoms. The Hall–Kier alpha value is -2.77. The number of sulfone groups is 1. The minimum atomic E-state index is -3.88. The van der Waals surface area contributed by atoms with Gasteiger partial charge in [-0.1, -0.05) is 41.9 Å². The number of esters is 1. The van der Waals surface area contributed by atoms with Crippen LogP contribution in [0.4, 0.5) is 0 Å². The number of nitrogens with zero attached hydrogens (tertiary/aromatic N) is 2. The van der Waals surface area contributed by atoms with Crippen molar-refractivity contribution in [2.45, 2.75) is 31.7 Å². The van der Waals surface area contributed by atoms with Crippen LogP contribution >= 0.6 is 11.6 Å². The highest BCUT2D eigenvalue weighted by Crippen LogP contribution is 2.22. The molecule has 0 aliphatic heterocycles. The van der Waals surface area contributed by atoms with Crippen LogP contribution in [0.3, 0.4) is 0 Å². The first-order chi connectivity index (χ1) is 13.7. The van der Waals surface area contributed by atoms with E-state index in [1.165, 1.54) is 0 Å². The minimum Gasteiger partial charge on any atom is -0.422 e. The highest BCUT2D eigenvalue weighted by Gasteiger charge is 2.24. The Bertz CT molecular complexity index is 1170. The van der Waals surface area contributed by atoms with E-state index < -0.39 is 21.0 Å². The molecule has 0 aliphatic carbocycles. The molecule has 29 heavy (non-hydrogen) atoms. The van der Waals surface area contributed by atoms with Gasteiger partial charge in [-0.2, -0.15) is 0 Å². The molecule has 8 heteroatoms. The van der Waals surface area contributed by atoms with Gasteiger partial charge in [-0.15, -0.1) is 0 Å². The molecule has 2 aromatic carbocycles. The van der Waals surface area contributed by atoms with Crippen molar-refractivity contribution in [1.82, 2.24) is 9.97 Å². The van der Waals surface area contributed by atoms with Gasteiger partial charge in [0.2, 0.25) is 15.0 Å². The zero-order chi connectivity index (χ0) is 21.2. The van der Waals surface area contributed by atoms with E-state index in [2.05, 4.69) is 9.97 Å². The van der Waals surface area contributed by atoms with Crippen molar-refractivity contribution in [3.8, 4) is 5.75 Å². The predicted octanol–water partition coefficient (Wildman–Crippen LogP) is 4.25. The van der Waals surface area contributed by atoms with Gasteiger partial charge in [0.15, 0.2) is 5.69 Å². The lowest BCUT2D eigenvalue weighted by molar-refractivity contribution is 0.0727. The highest BCUT2D eigenvalue weighted by molar-refractivity contribution is 7.90. The lowest BCUT2D eigenvalue weighted by atomic mass is 10.1. The van der Waals surface area contributed by atoms with Crippen molar-refractivity contribution >= 4 is 27.4 Å². The number of rotatable bonds is 5. The van der Waals surface area contributed by atoms with E-state index in [9.17, 15) is 13.2 Å². The molecular weight excluding hydrogens is 412 g/mol. The molecule has 1 aromatic heterocycles. The van der Waals surface area contributed by atoms with E-state index in [4.69, 9.17) is 16.3 Å². The lowest BCUT2D eigenvalue weighted by Crippen LogP contribution is -2.17. The summed E-state index contributed by atoms with van der Waals surface area (Å²) in [5, 5.41) is -0.563. The van der Waals surface area contributed by atoms with E-state index in [1.807, 2.05) is 39.0 Å². The van der Waals surface area contributed by atoms with Gasteiger partial charge in [-0.05, 0) is 55.2 Å². The monoisotopic (exact) mass is 430 g/mol. The summed E-state index contributed by atoms with van der Waals surface area (Å²) in [5.74, 6) is -0.811. The molecule has 150 valence electrons. The average molecular weight is 431 g/mol. The van der Waals surface area contributed by atoms with Crippen LogP contribution < -0.4 is 4.74 Å². The molecule has 6 nitrogen and oxygen atoms in total. The first kappa shape index (κ1) is 21.0. The molecule has 1 heterocycles. The second-order valence-electron chi connectivity index (χ2n) is 6.75. The highest BCUT2D eigenvalue weighted by atomic mass is 35.5. The Kier molecular flexibility index (Phi) is 6.00. The molecule has 0 atom stereocenters. The standard InChI is InChI=1S/C21H19ClN2O4S/c1-13-8-14(2)10-17(9-13)28-20(25)19-18(22)11-23-21(24-19)29(26,27)12-16-7-5-4-6-15(16)3/h4-11H,12H2,1-3H3. The molecule has 3 aromatic rings. The van der Waals surface area contributed by atoms with E-state index in [1.54, 1.807) is 24.3 Å². The minimum absolute atomic E-state index is 0.0887. The summed E-state index contributed by atoms with van der Waals surface area (Å²) in [6.07, 6.45) is 1.09. The van der Waals surface area contributed by atoms with Crippen molar-refractivity contribution in [2.75, 3.05) is 0 Å². The van der Waals surface area contributed by atoms with Gasteiger partial charge < -0.3 is 4.74 Å². The van der Waals surface area contributed by atoms with Gasteiger partial charge >= 0.3 is 5.97 Å². The Labute approximate surface area is 174 Å². The number of carbonyl (C=O) groups is 1. The zero-order valence-electron chi connectivity index (χ0n) is 16.1. The predicted molar refractivity (Wildman–Crippen MR) is 110 cm³/mol. The molecule has 0 radical (unpaired) electrons. The Morgan fingerprint density at radius 3 is 2.38 bits per heavy atom. The van der Waals surface area contributed by atoms with Gasteiger partial charge in [0.05, 0.1) is 17.0 Å². The number of aromatic nitrogens is 2. The third kappa shape index (κ3) is 4.99. The molecule has 0 N–H and O–H groups in total. The summed E-state index contributed by atoms with van der Waals surface area (Å²) in [4.78, 5) is 20.3. The first-order valence-corrected chi connectivity index (χ1v) is 10.8. The fourth-order valence-electron chi connectivity index (χ4n) is 2.83. The summed E-state index contributed by atoms with van der Waals surface area (Å²) in [5.41, 5.74) is 3.00. The van der Waals surface area contributed by atoms with Gasteiger partial charge in [-0.3, -0.25) is 0 Å². The van der Waals surface area contributed by atoms with Crippen molar-refractivity contribution in [1.29, 1.82) is 0 Å². The molecular formula is C21H19ClN2O4S. The number of aryl methyl sites for hydroxylation is 3. The van der Waals surface area contributed by atoms with Gasteiger partial charge in [0.1, 0.15) is 5.75 Å². The quantitative estimate of drug-likeness (QED) is 0.341. The molecule has 0 saturated heterocycles. The van der Waals surface area contributed by atoms with E-state index >= 15 is 0 Å². The van der Waals surface area contributed by atoms with Crippen LogP contribution in [-0.4, -0.2) is 24.4 Å². The van der Waals surface area contributed by atoms with E-state index in [0.717, 1.165) is 22.9 Å². The van der Waals surface area contributed by atoms with Gasteiger partial charge in [-0.25, -0.2) is 23.2 Å². The smallest absolute Gasteiger partial charge is 0.364 e. The Balaban J connectivity index is 1.91. The Morgan fingerprint density at radius 1 is 1.07 bits per heavy atom. The summed E-state index contributed by atoms with van der Waals surface area (Å²) in [7, 11) is -3.88. The molecule has 0 amide bonds. The van der Waals surface area contributed by atoms with Crippen LogP contribution in [0, 0.1) is 20.8 Å². The van der Waals surface area contributed by atoms with E-state index in [-0.39, 0.29) is 16.5 Å². The molecule has 0 spiro atoms. The summed E-state index contributed by atoms with van der Waals surface area (Å²) >= 11 is 6.03. The topological polar surface area (TPSA) is 86.2 Å². The van der Waals surface area contributed by atoms with Crippen LogP contribution in [0.2, 0.25) is 5.02 Å². The second kappa shape index (κ2) is 8.31. The molecule has 0 unspecified atom stereocenters. The third-order valence-corrected chi connectivity index (χ3v) is 5.93. The Morgan fingerprint density at radius 2 is 1.72 bits per heavy atom. The fraction of sp³-hybridized carbons (Fsp3) is 0.190.